The van der Waals surface area contributed by atoms with E-state index in [-0.39, 0.29) is 0 Å². The Morgan fingerprint density at radius 1 is 0.459 bits per heavy atom. The molecule has 0 saturated heterocycles. The van der Waals surface area contributed by atoms with Crippen LogP contribution in [-0.2, 0) is 0 Å². The third-order valence-corrected chi connectivity index (χ3v) is 7.03. The number of benzene rings is 5. The number of nitrogens with zero attached hydrogens (tertiary/aromatic N) is 4. The van der Waals surface area contributed by atoms with Gasteiger partial charge < -0.3 is 0 Å². The molecule has 5 heteroatoms. The van der Waals surface area contributed by atoms with Crippen LogP contribution in [0.2, 0.25) is 0 Å². The zero-order valence-electron chi connectivity index (χ0n) is 19.8. The molecule has 0 aliphatic heterocycles. The van der Waals surface area contributed by atoms with Crippen molar-refractivity contribution in [1.82, 2.24) is 19.1 Å². The summed E-state index contributed by atoms with van der Waals surface area (Å²) in [5.74, 6) is 1.81. The van der Waals surface area contributed by atoms with Crippen molar-refractivity contribution < 1.29 is 0 Å². The van der Waals surface area contributed by atoms with Gasteiger partial charge >= 0.3 is 0 Å². The lowest BCUT2D eigenvalue weighted by atomic mass is 10.2. The Balaban J connectivity index is 1.52. The largest absolute Gasteiger partial charge is 0.292 e. The Morgan fingerprint density at radius 3 is 1.32 bits per heavy atom. The van der Waals surface area contributed by atoms with E-state index >= 15 is 0 Å². The molecule has 0 saturated carbocycles. The molecular weight excluding hydrogens is 520 g/mol. The number of hydrogen-bond acceptors (Lipinski definition) is 2. The van der Waals surface area contributed by atoms with E-state index in [2.05, 4.69) is 128 Å². The molecule has 7 aromatic rings. The lowest BCUT2D eigenvalue weighted by Crippen LogP contribution is -2.02. The summed E-state index contributed by atoms with van der Waals surface area (Å²) in [4.78, 5) is 10.0. The number of hydrogen-bond donors (Lipinski definition) is 0. The fraction of sp³-hybridized carbons (Fsp3) is 0. The summed E-state index contributed by atoms with van der Waals surface area (Å²) in [6.45, 7) is 0. The predicted octanol–water partition coefficient (Wildman–Crippen LogP) is 8.46. The first-order valence-corrected chi connectivity index (χ1v) is 12.9. The maximum absolute atomic E-state index is 5.02. The number of aromatic nitrogens is 4. The molecule has 0 radical (unpaired) electrons. The predicted molar refractivity (Wildman–Crippen MR) is 154 cm³/mol. The number of para-hydroxylation sites is 4. The summed E-state index contributed by atoms with van der Waals surface area (Å²) in [5, 5.41) is 0. The second-order valence-electron chi connectivity index (χ2n) is 8.92. The third-order valence-electron chi connectivity index (χ3n) is 6.57. The molecule has 2 heterocycles. The monoisotopic (exact) mass is 540 g/mol. The van der Waals surface area contributed by atoms with Crippen molar-refractivity contribution in [2.24, 2.45) is 0 Å². The van der Waals surface area contributed by atoms with Crippen molar-refractivity contribution >= 4 is 38.0 Å². The van der Waals surface area contributed by atoms with Gasteiger partial charge in [-0.25, -0.2) is 9.97 Å². The van der Waals surface area contributed by atoms with E-state index in [0.717, 1.165) is 60.7 Å². The maximum Gasteiger partial charge on any atom is 0.145 e. The van der Waals surface area contributed by atoms with Crippen LogP contribution in [0.15, 0.2) is 132 Å². The van der Waals surface area contributed by atoms with Crippen LogP contribution in [0, 0.1) is 0 Å². The minimum Gasteiger partial charge on any atom is -0.292 e. The van der Waals surface area contributed by atoms with Gasteiger partial charge in [0.25, 0.3) is 0 Å². The van der Waals surface area contributed by atoms with E-state index in [9.17, 15) is 0 Å². The Labute approximate surface area is 222 Å². The second-order valence-corrected chi connectivity index (χ2v) is 9.83. The SMILES string of the molecule is Brc1cc(-n2c(-c3ccccc3)nc3ccccc32)cc(-n2c(-c3ccccc3)nc3ccccc32)c1. The molecular formula is C32H21BrN4. The first-order valence-electron chi connectivity index (χ1n) is 12.1. The molecule has 5 aromatic carbocycles. The van der Waals surface area contributed by atoms with E-state index in [1.165, 1.54) is 0 Å². The van der Waals surface area contributed by atoms with Gasteiger partial charge in [-0.15, -0.1) is 0 Å². The molecule has 0 atom stereocenters. The zero-order chi connectivity index (χ0) is 24.8. The standard InChI is InChI=1S/C32H21BrN4/c33-24-19-25(36-29-17-9-7-15-27(29)34-31(36)22-11-3-1-4-12-22)21-26(20-24)37-30-18-10-8-16-28(30)35-32(37)23-13-5-2-6-14-23/h1-21H. The van der Waals surface area contributed by atoms with Crippen LogP contribution in [0.3, 0.4) is 0 Å². The van der Waals surface area contributed by atoms with Crippen LogP contribution < -0.4 is 0 Å². The van der Waals surface area contributed by atoms with Crippen LogP contribution in [-0.4, -0.2) is 19.1 Å². The van der Waals surface area contributed by atoms with Crippen molar-refractivity contribution in [2.75, 3.05) is 0 Å². The Hall–Kier alpha value is -4.48. The molecule has 0 aliphatic rings. The first-order chi connectivity index (χ1) is 18.3. The van der Waals surface area contributed by atoms with Gasteiger partial charge in [0.15, 0.2) is 0 Å². The van der Waals surface area contributed by atoms with Crippen LogP contribution in [0.4, 0.5) is 0 Å². The smallest absolute Gasteiger partial charge is 0.145 e. The fourth-order valence-electron chi connectivity index (χ4n) is 4.95. The van der Waals surface area contributed by atoms with E-state index in [0.29, 0.717) is 0 Å². The van der Waals surface area contributed by atoms with E-state index in [1.807, 2.05) is 24.3 Å². The summed E-state index contributed by atoms with van der Waals surface area (Å²) in [7, 11) is 0. The van der Waals surface area contributed by atoms with Crippen LogP contribution in [0.1, 0.15) is 0 Å². The van der Waals surface area contributed by atoms with Crippen molar-refractivity contribution in [3.63, 3.8) is 0 Å². The lowest BCUT2D eigenvalue weighted by Gasteiger charge is -2.15. The number of fused-ring (bicyclic) bond motifs is 2. The molecule has 37 heavy (non-hydrogen) atoms. The highest BCUT2D eigenvalue weighted by Crippen LogP contribution is 2.34. The van der Waals surface area contributed by atoms with Gasteiger partial charge in [-0.1, -0.05) is 101 Å². The first kappa shape index (κ1) is 21.8. The van der Waals surface area contributed by atoms with Crippen molar-refractivity contribution in [1.29, 1.82) is 0 Å². The van der Waals surface area contributed by atoms with Gasteiger partial charge in [-0.3, -0.25) is 9.13 Å². The number of halogens is 1. The van der Waals surface area contributed by atoms with Crippen molar-refractivity contribution in [3.05, 3.63) is 132 Å². The highest BCUT2D eigenvalue weighted by Gasteiger charge is 2.18. The maximum atomic E-state index is 5.02. The summed E-state index contributed by atoms with van der Waals surface area (Å²) in [5.41, 5.74) is 8.22. The molecule has 0 spiro atoms. The normalized spacial score (nSPS) is 11.4. The van der Waals surface area contributed by atoms with Gasteiger partial charge in [0.1, 0.15) is 11.6 Å². The van der Waals surface area contributed by atoms with Gasteiger partial charge in [0, 0.05) is 15.6 Å². The van der Waals surface area contributed by atoms with Gasteiger partial charge in [0.2, 0.25) is 0 Å². The highest BCUT2D eigenvalue weighted by molar-refractivity contribution is 9.10. The Kier molecular flexibility index (Phi) is 5.22. The van der Waals surface area contributed by atoms with Gasteiger partial charge in [-0.05, 0) is 42.5 Å². The van der Waals surface area contributed by atoms with E-state index in [4.69, 9.17) is 9.97 Å². The van der Waals surface area contributed by atoms with Crippen molar-refractivity contribution in [2.45, 2.75) is 0 Å². The lowest BCUT2D eigenvalue weighted by molar-refractivity contribution is 1.06. The zero-order valence-corrected chi connectivity index (χ0v) is 21.4. The Morgan fingerprint density at radius 2 is 0.865 bits per heavy atom. The summed E-state index contributed by atoms with van der Waals surface area (Å²) < 4.78 is 5.45. The average Bonchev–Trinajstić information content (AvgIpc) is 3.53. The topological polar surface area (TPSA) is 35.6 Å². The quantitative estimate of drug-likeness (QED) is 0.224. The molecule has 0 aliphatic carbocycles. The summed E-state index contributed by atoms with van der Waals surface area (Å²) in [6.07, 6.45) is 0. The molecule has 2 aromatic heterocycles. The molecule has 0 amide bonds. The number of imidazole rings is 2. The van der Waals surface area contributed by atoms with Crippen LogP contribution in [0.5, 0.6) is 0 Å². The van der Waals surface area contributed by atoms with Gasteiger partial charge in [0.05, 0.1) is 33.4 Å². The van der Waals surface area contributed by atoms with Crippen LogP contribution >= 0.6 is 15.9 Å². The molecule has 176 valence electrons. The molecule has 0 bridgehead atoms. The van der Waals surface area contributed by atoms with E-state index in [1.54, 1.807) is 0 Å². The molecule has 0 fully saturated rings. The van der Waals surface area contributed by atoms with Crippen molar-refractivity contribution in [3.8, 4) is 34.2 Å². The highest BCUT2D eigenvalue weighted by atomic mass is 79.9. The minimum atomic E-state index is 0.907. The molecule has 0 unspecified atom stereocenters. The van der Waals surface area contributed by atoms with E-state index < -0.39 is 0 Å². The van der Waals surface area contributed by atoms with Crippen LogP contribution in [0.25, 0.3) is 56.2 Å². The molecule has 4 nitrogen and oxygen atoms in total. The summed E-state index contributed by atoms with van der Waals surface area (Å²) >= 11 is 3.81. The molecule has 7 rings (SSSR count). The summed E-state index contributed by atoms with van der Waals surface area (Å²) in [6, 6.07) is 43.7. The number of rotatable bonds is 4. The second kappa shape index (κ2) is 8.87. The molecule has 0 N–H and O–H groups in total. The third kappa shape index (κ3) is 3.76. The van der Waals surface area contributed by atoms with Gasteiger partial charge in [-0.2, -0.15) is 0 Å². The average molecular weight is 541 g/mol. The minimum absolute atomic E-state index is 0.907. The Bertz CT molecular complexity index is 1750. The fourth-order valence-corrected chi connectivity index (χ4v) is 5.42.